The maximum atomic E-state index is 14.2. The standard InChI is InChI=1S/C21H18F3N5O/c22-18-12-25-9-14(20(18)15-10-26-27-11-15)1-6-19(30)28-16-2-4-17(5-3-16)29-8-7-21(23,24)13-29/h1-6,9-12H,7-8,13H2,(H,26,27)(H,28,30)/b6-1+. The van der Waals surface area contributed by atoms with Gasteiger partial charge in [-0.15, -0.1) is 0 Å². The second kappa shape index (κ2) is 8.02. The second-order valence-electron chi connectivity index (χ2n) is 6.97. The van der Waals surface area contributed by atoms with Crippen molar-refractivity contribution < 1.29 is 18.0 Å². The molecule has 1 aromatic carbocycles. The minimum absolute atomic E-state index is 0.161. The predicted molar refractivity (Wildman–Crippen MR) is 108 cm³/mol. The number of nitrogens with zero attached hydrogens (tertiary/aromatic N) is 3. The quantitative estimate of drug-likeness (QED) is 0.618. The molecule has 30 heavy (non-hydrogen) atoms. The van der Waals surface area contributed by atoms with Crippen molar-refractivity contribution in [1.82, 2.24) is 15.2 Å². The van der Waals surface area contributed by atoms with Gasteiger partial charge in [-0.2, -0.15) is 5.10 Å². The Balaban J connectivity index is 1.43. The van der Waals surface area contributed by atoms with E-state index in [1.165, 1.54) is 24.5 Å². The van der Waals surface area contributed by atoms with Gasteiger partial charge in [0.2, 0.25) is 5.91 Å². The zero-order valence-corrected chi connectivity index (χ0v) is 15.8. The molecular weight excluding hydrogens is 395 g/mol. The van der Waals surface area contributed by atoms with E-state index >= 15 is 0 Å². The lowest BCUT2D eigenvalue weighted by molar-refractivity contribution is -0.111. The summed E-state index contributed by atoms with van der Waals surface area (Å²) in [5.74, 6) is -3.61. The minimum Gasteiger partial charge on any atom is -0.365 e. The van der Waals surface area contributed by atoms with Gasteiger partial charge in [0.05, 0.1) is 18.9 Å². The highest BCUT2D eigenvalue weighted by atomic mass is 19.3. The van der Waals surface area contributed by atoms with Crippen LogP contribution < -0.4 is 10.2 Å². The van der Waals surface area contributed by atoms with Gasteiger partial charge in [-0.3, -0.25) is 14.9 Å². The summed E-state index contributed by atoms with van der Waals surface area (Å²) in [6, 6.07) is 6.68. The lowest BCUT2D eigenvalue weighted by atomic mass is 10.0. The summed E-state index contributed by atoms with van der Waals surface area (Å²) in [4.78, 5) is 17.7. The molecule has 0 radical (unpaired) electrons. The Hall–Kier alpha value is -3.62. The summed E-state index contributed by atoms with van der Waals surface area (Å²) in [7, 11) is 0. The third-order valence-corrected chi connectivity index (χ3v) is 4.80. The SMILES string of the molecule is O=C(/C=C/c1cncc(F)c1-c1cn[nH]c1)Nc1ccc(N2CCC(F)(F)C2)cc1. The number of hydrogen-bond donors (Lipinski definition) is 2. The van der Waals surface area contributed by atoms with E-state index in [9.17, 15) is 18.0 Å². The van der Waals surface area contributed by atoms with Crippen LogP contribution in [0.2, 0.25) is 0 Å². The van der Waals surface area contributed by atoms with E-state index in [0.717, 1.165) is 6.20 Å². The van der Waals surface area contributed by atoms with Gasteiger partial charge in [-0.25, -0.2) is 13.2 Å². The number of halogens is 3. The lowest BCUT2D eigenvalue weighted by Crippen LogP contribution is -2.24. The van der Waals surface area contributed by atoms with Crippen LogP contribution >= 0.6 is 0 Å². The first-order chi connectivity index (χ1) is 14.4. The Kier molecular flexibility index (Phi) is 5.26. The van der Waals surface area contributed by atoms with E-state index in [2.05, 4.69) is 20.5 Å². The van der Waals surface area contributed by atoms with Gasteiger partial charge in [0.15, 0.2) is 0 Å². The molecule has 154 valence electrons. The van der Waals surface area contributed by atoms with E-state index in [4.69, 9.17) is 0 Å². The Morgan fingerprint density at radius 2 is 2.00 bits per heavy atom. The van der Waals surface area contributed by atoms with Crippen LogP contribution in [0.15, 0.2) is 55.1 Å². The Morgan fingerprint density at radius 1 is 1.20 bits per heavy atom. The van der Waals surface area contributed by atoms with Gasteiger partial charge in [0, 0.05) is 59.5 Å². The molecule has 0 spiro atoms. The van der Waals surface area contributed by atoms with Crippen LogP contribution in [0.1, 0.15) is 12.0 Å². The number of amides is 1. The van der Waals surface area contributed by atoms with Gasteiger partial charge in [0.1, 0.15) is 5.82 Å². The van der Waals surface area contributed by atoms with Crippen molar-refractivity contribution in [2.75, 3.05) is 23.3 Å². The number of aromatic amines is 1. The molecule has 0 saturated carbocycles. The summed E-state index contributed by atoms with van der Waals surface area (Å²) >= 11 is 0. The maximum Gasteiger partial charge on any atom is 0.266 e. The summed E-state index contributed by atoms with van der Waals surface area (Å²) in [6.07, 6.45) is 8.16. The number of aromatic nitrogens is 3. The Bertz CT molecular complexity index is 1060. The first-order valence-corrected chi connectivity index (χ1v) is 9.26. The van der Waals surface area contributed by atoms with Crippen LogP contribution in [0.4, 0.5) is 24.5 Å². The molecule has 1 amide bonds. The molecule has 9 heteroatoms. The molecule has 4 rings (SSSR count). The highest BCUT2D eigenvalue weighted by Crippen LogP contribution is 2.31. The molecule has 6 nitrogen and oxygen atoms in total. The molecule has 0 atom stereocenters. The molecule has 3 heterocycles. The van der Waals surface area contributed by atoms with Crippen molar-refractivity contribution in [3.05, 3.63) is 66.5 Å². The topological polar surface area (TPSA) is 73.9 Å². The molecule has 0 unspecified atom stereocenters. The molecule has 1 fully saturated rings. The van der Waals surface area contributed by atoms with Crippen LogP contribution in [0, 0.1) is 5.82 Å². The fourth-order valence-electron chi connectivity index (χ4n) is 3.33. The number of carbonyl (C=O) groups is 1. The first-order valence-electron chi connectivity index (χ1n) is 9.26. The van der Waals surface area contributed by atoms with E-state index in [0.29, 0.717) is 29.0 Å². The van der Waals surface area contributed by atoms with Crippen LogP contribution in [0.3, 0.4) is 0 Å². The Morgan fingerprint density at radius 3 is 2.67 bits per heavy atom. The number of hydrogen-bond acceptors (Lipinski definition) is 4. The van der Waals surface area contributed by atoms with Crippen molar-refractivity contribution in [2.45, 2.75) is 12.3 Å². The number of alkyl halides is 2. The fraction of sp³-hybridized carbons (Fsp3) is 0.190. The van der Waals surface area contributed by atoms with Crippen molar-refractivity contribution in [3.63, 3.8) is 0 Å². The van der Waals surface area contributed by atoms with E-state index in [1.807, 2.05) is 0 Å². The average Bonchev–Trinajstić information content (AvgIpc) is 3.36. The van der Waals surface area contributed by atoms with Gasteiger partial charge in [-0.1, -0.05) is 0 Å². The summed E-state index contributed by atoms with van der Waals surface area (Å²) in [5.41, 5.74) is 2.45. The highest BCUT2D eigenvalue weighted by molar-refractivity contribution is 6.02. The molecule has 1 aliphatic rings. The molecule has 3 aromatic rings. The average molecular weight is 413 g/mol. The monoisotopic (exact) mass is 413 g/mol. The van der Waals surface area contributed by atoms with Crippen LogP contribution in [-0.2, 0) is 4.79 Å². The number of benzene rings is 1. The number of pyridine rings is 1. The lowest BCUT2D eigenvalue weighted by Gasteiger charge is -2.18. The predicted octanol–water partition coefficient (Wildman–Crippen LogP) is 4.11. The van der Waals surface area contributed by atoms with E-state index in [-0.39, 0.29) is 18.5 Å². The number of H-pyrrole nitrogens is 1. The van der Waals surface area contributed by atoms with Gasteiger partial charge < -0.3 is 10.2 Å². The highest BCUT2D eigenvalue weighted by Gasteiger charge is 2.38. The zero-order valence-electron chi connectivity index (χ0n) is 15.8. The largest absolute Gasteiger partial charge is 0.365 e. The molecule has 0 aliphatic carbocycles. The van der Waals surface area contributed by atoms with Gasteiger partial charge in [0.25, 0.3) is 5.92 Å². The van der Waals surface area contributed by atoms with Crippen molar-refractivity contribution >= 4 is 23.4 Å². The summed E-state index contributed by atoms with van der Waals surface area (Å²) in [6.45, 7) is -0.00970. The van der Waals surface area contributed by atoms with Crippen LogP contribution in [-0.4, -0.2) is 40.1 Å². The van der Waals surface area contributed by atoms with Crippen LogP contribution in [0.5, 0.6) is 0 Å². The smallest absolute Gasteiger partial charge is 0.266 e. The fourth-order valence-corrected chi connectivity index (χ4v) is 3.33. The van der Waals surface area contributed by atoms with E-state index in [1.54, 1.807) is 35.4 Å². The third kappa shape index (κ3) is 4.35. The molecule has 2 N–H and O–H groups in total. The minimum atomic E-state index is -2.67. The van der Waals surface area contributed by atoms with Crippen LogP contribution in [0.25, 0.3) is 17.2 Å². The summed E-state index contributed by atoms with van der Waals surface area (Å²) in [5, 5.41) is 9.13. The van der Waals surface area contributed by atoms with Crippen molar-refractivity contribution in [1.29, 1.82) is 0 Å². The van der Waals surface area contributed by atoms with E-state index < -0.39 is 17.6 Å². The third-order valence-electron chi connectivity index (χ3n) is 4.80. The first kappa shape index (κ1) is 19.7. The number of rotatable bonds is 5. The Labute approximate surface area is 170 Å². The maximum absolute atomic E-state index is 14.2. The summed E-state index contributed by atoms with van der Waals surface area (Å²) < 4.78 is 40.9. The normalized spacial score (nSPS) is 15.6. The molecule has 1 aliphatic heterocycles. The van der Waals surface area contributed by atoms with Crippen molar-refractivity contribution in [3.8, 4) is 11.1 Å². The molecule has 2 aromatic heterocycles. The van der Waals surface area contributed by atoms with Gasteiger partial charge in [-0.05, 0) is 30.3 Å². The molecule has 0 bridgehead atoms. The molecule has 1 saturated heterocycles. The molecular formula is C21H18F3N5O. The number of nitrogens with one attached hydrogen (secondary N) is 2. The number of carbonyl (C=O) groups excluding carboxylic acids is 1. The number of anilines is 2. The second-order valence-corrected chi connectivity index (χ2v) is 6.97. The van der Waals surface area contributed by atoms with Crippen molar-refractivity contribution in [2.24, 2.45) is 0 Å². The van der Waals surface area contributed by atoms with Gasteiger partial charge >= 0.3 is 0 Å². The zero-order chi connectivity index (χ0) is 21.1.